The van der Waals surface area contributed by atoms with E-state index in [1.54, 1.807) is 7.11 Å². The van der Waals surface area contributed by atoms with E-state index >= 15 is 0 Å². The first kappa shape index (κ1) is 19.5. The van der Waals surface area contributed by atoms with Crippen LogP contribution in [0.4, 0.5) is 0 Å². The number of hydrogen-bond acceptors (Lipinski definition) is 4. The van der Waals surface area contributed by atoms with Crippen LogP contribution in [0.2, 0.25) is 0 Å². The van der Waals surface area contributed by atoms with Gasteiger partial charge in [0.1, 0.15) is 24.0 Å². The summed E-state index contributed by atoms with van der Waals surface area (Å²) in [6.45, 7) is 16.4. The molecule has 0 amide bonds. The molecule has 2 aliphatic rings. The first-order valence-corrected chi connectivity index (χ1v) is 10.8. The van der Waals surface area contributed by atoms with Crippen molar-refractivity contribution >= 4 is 19.1 Å². The Hall–Kier alpha value is -1.28. The van der Waals surface area contributed by atoms with Crippen LogP contribution in [-0.4, -0.2) is 36.7 Å². The molecule has 0 fully saturated rings. The minimum Gasteiger partial charge on any atom is -0.496 e. The highest BCUT2D eigenvalue weighted by Gasteiger charge is 2.53. The number of nitrogens with zero attached hydrogens (tertiary/aromatic N) is 1. The quantitative estimate of drug-likeness (QED) is 0.708. The van der Waals surface area contributed by atoms with Crippen LogP contribution in [0.1, 0.15) is 48.5 Å². The van der Waals surface area contributed by atoms with Gasteiger partial charge in [-0.2, -0.15) is 0 Å². The molecule has 0 radical (unpaired) electrons. The van der Waals surface area contributed by atoms with E-state index in [1.807, 2.05) is 12.1 Å². The van der Waals surface area contributed by atoms with Gasteiger partial charge in [-0.1, -0.05) is 40.7 Å². The summed E-state index contributed by atoms with van der Waals surface area (Å²) in [6.07, 6.45) is 0. The number of benzene rings is 1. The van der Waals surface area contributed by atoms with Crippen molar-refractivity contribution in [2.45, 2.75) is 65.5 Å². The van der Waals surface area contributed by atoms with E-state index in [1.165, 1.54) is 5.30 Å². The monoisotopic (exact) mass is 377 g/mol. The lowest BCUT2D eigenvalue weighted by molar-refractivity contribution is 0.172. The number of fused-ring (bicyclic) bond motifs is 1. The summed E-state index contributed by atoms with van der Waals surface area (Å²) in [6, 6.07) is 6.34. The molecule has 0 bridgehead atoms. The maximum Gasteiger partial charge on any atom is 0.193 e. The van der Waals surface area contributed by atoms with Gasteiger partial charge in [0.2, 0.25) is 0 Å². The predicted octanol–water partition coefficient (Wildman–Crippen LogP) is 4.80. The molecule has 4 nitrogen and oxygen atoms in total. The SMILES string of the molecule is COc1cccc2c1[P@](C(C)(C)C)[C@@H](C(C)(C)C1=N[C@@H](C(C)C)CO1)O2. The second-order valence-electron chi connectivity index (χ2n) is 9.10. The second-order valence-corrected chi connectivity index (χ2v) is 12.1. The Labute approximate surface area is 159 Å². The summed E-state index contributed by atoms with van der Waals surface area (Å²) in [5.74, 6) is 3.20. The van der Waals surface area contributed by atoms with Crippen molar-refractivity contribution in [2.75, 3.05) is 13.7 Å². The van der Waals surface area contributed by atoms with Gasteiger partial charge in [-0.25, -0.2) is 4.99 Å². The van der Waals surface area contributed by atoms with Crippen LogP contribution in [0.3, 0.4) is 0 Å². The molecule has 1 aromatic rings. The van der Waals surface area contributed by atoms with Gasteiger partial charge in [-0.05, 0) is 45.0 Å². The molecule has 0 spiro atoms. The van der Waals surface area contributed by atoms with Crippen molar-refractivity contribution in [3.8, 4) is 11.5 Å². The molecule has 2 aliphatic heterocycles. The molecule has 3 rings (SSSR count). The molecule has 0 N–H and O–H groups in total. The van der Waals surface area contributed by atoms with Crippen molar-refractivity contribution < 1.29 is 14.2 Å². The van der Waals surface area contributed by atoms with Gasteiger partial charge in [0, 0.05) is 0 Å². The topological polar surface area (TPSA) is 40.0 Å². The lowest BCUT2D eigenvalue weighted by Gasteiger charge is -2.39. The third-order valence-corrected chi connectivity index (χ3v) is 8.82. The highest BCUT2D eigenvalue weighted by molar-refractivity contribution is 7.68. The van der Waals surface area contributed by atoms with E-state index in [2.05, 4.69) is 54.5 Å². The third kappa shape index (κ3) is 3.22. The van der Waals surface area contributed by atoms with Gasteiger partial charge >= 0.3 is 0 Å². The predicted molar refractivity (Wildman–Crippen MR) is 110 cm³/mol. The minimum absolute atomic E-state index is 0.00784. The lowest BCUT2D eigenvalue weighted by Crippen LogP contribution is -2.41. The molecule has 0 unspecified atom stereocenters. The lowest BCUT2D eigenvalue weighted by atomic mass is 9.94. The summed E-state index contributed by atoms with van der Waals surface area (Å²) in [4.78, 5) is 4.92. The van der Waals surface area contributed by atoms with Gasteiger partial charge in [-0.3, -0.25) is 0 Å². The Bertz CT molecular complexity index is 706. The van der Waals surface area contributed by atoms with E-state index in [4.69, 9.17) is 19.2 Å². The smallest absolute Gasteiger partial charge is 0.193 e. The van der Waals surface area contributed by atoms with Crippen molar-refractivity contribution in [1.82, 2.24) is 0 Å². The summed E-state index contributed by atoms with van der Waals surface area (Å²) in [7, 11) is 1.10. The molecule has 0 saturated heterocycles. The zero-order valence-corrected chi connectivity index (χ0v) is 18.2. The summed E-state index contributed by atoms with van der Waals surface area (Å²) < 4.78 is 18.3. The minimum atomic E-state index is -0.634. The van der Waals surface area contributed by atoms with Crippen LogP contribution in [0.25, 0.3) is 0 Å². The maximum absolute atomic E-state index is 6.55. The van der Waals surface area contributed by atoms with Crippen molar-refractivity contribution in [2.24, 2.45) is 16.3 Å². The van der Waals surface area contributed by atoms with Crippen LogP contribution >= 0.6 is 7.92 Å². The average Bonchev–Trinajstić information content (AvgIpc) is 3.19. The molecule has 3 atom stereocenters. The molecule has 0 aromatic heterocycles. The molecule has 0 saturated carbocycles. The fraction of sp³-hybridized carbons (Fsp3) is 0.667. The van der Waals surface area contributed by atoms with Crippen LogP contribution < -0.4 is 14.8 Å². The zero-order valence-electron chi connectivity index (χ0n) is 17.3. The number of ether oxygens (including phenoxy) is 3. The highest BCUT2D eigenvalue weighted by Crippen LogP contribution is 2.64. The molecular formula is C21H32NO3P. The van der Waals surface area contributed by atoms with Gasteiger partial charge in [0.25, 0.3) is 0 Å². The first-order valence-electron chi connectivity index (χ1n) is 9.41. The summed E-state index contributed by atoms with van der Waals surface area (Å²) in [5.41, 5.74) is -0.299. The Kier molecular flexibility index (Phi) is 5.03. The van der Waals surface area contributed by atoms with E-state index in [9.17, 15) is 0 Å². The largest absolute Gasteiger partial charge is 0.496 e. The normalized spacial score (nSPS) is 25.6. The fourth-order valence-electron chi connectivity index (χ4n) is 3.64. The maximum atomic E-state index is 6.55. The number of hydrogen-bond donors (Lipinski definition) is 0. The number of methoxy groups -OCH3 is 1. The third-order valence-electron chi connectivity index (χ3n) is 5.23. The van der Waals surface area contributed by atoms with Crippen LogP contribution in [-0.2, 0) is 4.74 Å². The Morgan fingerprint density at radius 2 is 1.88 bits per heavy atom. The van der Waals surface area contributed by atoms with Crippen molar-refractivity contribution in [3.05, 3.63) is 18.2 Å². The Morgan fingerprint density at radius 3 is 2.42 bits per heavy atom. The average molecular weight is 377 g/mol. The molecule has 0 aliphatic carbocycles. The van der Waals surface area contributed by atoms with Gasteiger partial charge < -0.3 is 14.2 Å². The van der Waals surface area contributed by atoms with Crippen LogP contribution in [0.15, 0.2) is 23.2 Å². The van der Waals surface area contributed by atoms with Crippen molar-refractivity contribution in [3.63, 3.8) is 0 Å². The number of aliphatic imine (C=N–C) groups is 1. The molecule has 26 heavy (non-hydrogen) atoms. The van der Waals surface area contributed by atoms with E-state index in [0.29, 0.717) is 12.5 Å². The summed E-state index contributed by atoms with van der Waals surface area (Å²) in [5, 5.41) is 1.31. The van der Waals surface area contributed by atoms with Gasteiger partial charge in [0.15, 0.2) is 5.90 Å². The Balaban J connectivity index is 2.03. The zero-order chi connectivity index (χ0) is 19.3. The molecule has 144 valence electrons. The van der Waals surface area contributed by atoms with E-state index in [-0.39, 0.29) is 22.5 Å². The second kappa shape index (κ2) is 6.71. The molecule has 5 heteroatoms. The highest BCUT2D eigenvalue weighted by atomic mass is 31.1. The van der Waals surface area contributed by atoms with Crippen LogP contribution in [0, 0.1) is 11.3 Å². The summed E-state index contributed by atoms with van der Waals surface area (Å²) >= 11 is 0. The molecular weight excluding hydrogens is 345 g/mol. The molecule has 2 heterocycles. The van der Waals surface area contributed by atoms with Crippen molar-refractivity contribution in [1.29, 1.82) is 0 Å². The fourth-order valence-corrected chi connectivity index (χ4v) is 6.99. The van der Waals surface area contributed by atoms with E-state index in [0.717, 1.165) is 17.4 Å². The van der Waals surface area contributed by atoms with Gasteiger partial charge in [0.05, 0.1) is 23.9 Å². The van der Waals surface area contributed by atoms with Gasteiger partial charge in [-0.15, -0.1) is 0 Å². The first-order chi connectivity index (χ1) is 12.1. The standard InChI is InChI=1S/C21H32NO3P/c1-13(2)14-12-24-18(22-14)21(6,7)19-25-16-11-9-10-15(23-8)17(16)26(19)20(3,4)5/h9-11,13-14,19H,12H2,1-8H3/t14-,19+,26+/m1/s1. The Morgan fingerprint density at radius 1 is 1.19 bits per heavy atom. The van der Waals surface area contributed by atoms with E-state index < -0.39 is 7.92 Å². The number of rotatable bonds is 4. The van der Waals surface area contributed by atoms with Crippen LogP contribution in [0.5, 0.6) is 11.5 Å². The molecule has 1 aromatic carbocycles.